The predicted molar refractivity (Wildman–Crippen MR) is 67.5 cm³/mol. The van der Waals surface area contributed by atoms with Gasteiger partial charge in [0, 0.05) is 12.4 Å². The third-order valence-corrected chi connectivity index (χ3v) is 3.30. The molecule has 0 saturated heterocycles. The van der Waals surface area contributed by atoms with E-state index in [0.29, 0.717) is 11.6 Å². The second-order valence-electron chi connectivity index (χ2n) is 3.49. The van der Waals surface area contributed by atoms with Crippen LogP contribution in [0.25, 0.3) is 21.8 Å². The number of pyridine rings is 1. The summed E-state index contributed by atoms with van der Waals surface area (Å²) in [6, 6.07) is 7.73. The molecule has 0 bridgehead atoms. The lowest BCUT2D eigenvalue weighted by Gasteiger charge is -1.99. The zero-order chi connectivity index (χ0) is 11.7. The highest BCUT2D eigenvalue weighted by atomic mass is 32.1. The van der Waals surface area contributed by atoms with Gasteiger partial charge in [0.05, 0.1) is 10.4 Å². The molecule has 3 aromatic heterocycles. The number of hydrogen-bond donors (Lipinski definition) is 1. The molecule has 0 fully saturated rings. The van der Waals surface area contributed by atoms with Gasteiger partial charge >= 0.3 is 0 Å². The van der Waals surface area contributed by atoms with E-state index in [9.17, 15) is 0 Å². The lowest BCUT2D eigenvalue weighted by molar-refractivity contribution is 0.437. The van der Waals surface area contributed by atoms with Gasteiger partial charge in [-0.25, -0.2) is 0 Å². The summed E-state index contributed by atoms with van der Waals surface area (Å²) in [7, 11) is 0. The third kappa shape index (κ3) is 1.70. The van der Waals surface area contributed by atoms with Gasteiger partial charge in [-0.3, -0.25) is 4.98 Å². The zero-order valence-corrected chi connectivity index (χ0v) is 9.65. The number of hydrogen-bond acceptors (Lipinski definition) is 5. The monoisotopic (exact) mass is 243 g/mol. The van der Waals surface area contributed by atoms with Crippen LogP contribution in [0.4, 0.5) is 5.82 Å². The summed E-state index contributed by atoms with van der Waals surface area (Å²) in [6.07, 6.45) is 3.44. The van der Waals surface area contributed by atoms with Crippen molar-refractivity contribution in [1.82, 2.24) is 10.1 Å². The average Bonchev–Trinajstić information content (AvgIpc) is 2.98. The Morgan fingerprint density at radius 3 is 2.71 bits per heavy atom. The van der Waals surface area contributed by atoms with Crippen molar-refractivity contribution in [2.24, 2.45) is 0 Å². The Balaban J connectivity index is 2.20. The van der Waals surface area contributed by atoms with Crippen molar-refractivity contribution in [2.75, 3.05) is 5.73 Å². The molecule has 0 aliphatic carbocycles. The molecule has 0 amide bonds. The quantitative estimate of drug-likeness (QED) is 0.751. The number of rotatable bonds is 2. The molecular weight excluding hydrogens is 234 g/mol. The minimum Gasteiger partial charge on any atom is -0.380 e. The van der Waals surface area contributed by atoms with E-state index in [2.05, 4.69) is 10.1 Å². The SMILES string of the molecule is Nc1noc(-c2cccs2)c1-c1ccncc1. The Kier molecular flexibility index (Phi) is 2.38. The summed E-state index contributed by atoms with van der Waals surface area (Å²) in [6.45, 7) is 0. The number of aromatic nitrogens is 2. The van der Waals surface area contributed by atoms with Crippen LogP contribution in [0.15, 0.2) is 46.6 Å². The average molecular weight is 243 g/mol. The van der Waals surface area contributed by atoms with Gasteiger partial charge in [-0.05, 0) is 29.1 Å². The topological polar surface area (TPSA) is 64.9 Å². The van der Waals surface area contributed by atoms with Crippen molar-refractivity contribution < 1.29 is 4.52 Å². The van der Waals surface area contributed by atoms with Crippen molar-refractivity contribution >= 4 is 17.2 Å². The van der Waals surface area contributed by atoms with E-state index < -0.39 is 0 Å². The first-order valence-corrected chi connectivity index (χ1v) is 5.93. The van der Waals surface area contributed by atoms with Crippen molar-refractivity contribution in [3.8, 4) is 21.8 Å². The molecule has 3 aromatic rings. The van der Waals surface area contributed by atoms with Gasteiger partial charge in [0.15, 0.2) is 11.6 Å². The summed E-state index contributed by atoms with van der Waals surface area (Å²) in [5, 5.41) is 5.83. The van der Waals surface area contributed by atoms with Crippen LogP contribution >= 0.6 is 11.3 Å². The third-order valence-electron chi connectivity index (χ3n) is 2.43. The predicted octanol–water partition coefficient (Wildman–Crippen LogP) is 3.05. The Bertz CT molecular complexity index is 617. The molecular formula is C12H9N3OS. The lowest BCUT2D eigenvalue weighted by Crippen LogP contribution is -1.88. The van der Waals surface area contributed by atoms with Crippen molar-refractivity contribution in [3.05, 3.63) is 42.0 Å². The van der Waals surface area contributed by atoms with Crippen LogP contribution in [0, 0.1) is 0 Å². The molecule has 0 saturated carbocycles. The number of anilines is 1. The Morgan fingerprint density at radius 1 is 1.18 bits per heavy atom. The summed E-state index contributed by atoms with van der Waals surface area (Å²) in [5.74, 6) is 1.11. The van der Waals surface area contributed by atoms with Crippen LogP contribution in [0.2, 0.25) is 0 Å². The van der Waals surface area contributed by atoms with Crippen LogP contribution in [0.1, 0.15) is 0 Å². The van der Waals surface area contributed by atoms with E-state index in [1.807, 2.05) is 29.6 Å². The standard InChI is InChI=1S/C12H9N3OS/c13-12-10(8-3-5-14-6-4-8)11(16-15-12)9-2-1-7-17-9/h1-7H,(H2,13,15). The number of nitrogens with two attached hydrogens (primary N) is 1. The number of thiophene rings is 1. The normalized spacial score (nSPS) is 10.6. The van der Waals surface area contributed by atoms with Gasteiger partial charge < -0.3 is 10.3 Å². The van der Waals surface area contributed by atoms with Crippen LogP contribution < -0.4 is 5.73 Å². The molecule has 0 aliphatic rings. The maximum atomic E-state index is 5.86. The van der Waals surface area contributed by atoms with Gasteiger partial charge in [-0.2, -0.15) is 0 Å². The summed E-state index contributed by atoms with van der Waals surface area (Å²) in [4.78, 5) is 5.00. The van der Waals surface area contributed by atoms with Gasteiger partial charge in [0.1, 0.15) is 0 Å². The van der Waals surface area contributed by atoms with E-state index in [1.54, 1.807) is 23.7 Å². The van der Waals surface area contributed by atoms with Crippen LogP contribution in [0.3, 0.4) is 0 Å². The van der Waals surface area contributed by atoms with Gasteiger partial charge in [-0.15, -0.1) is 11.3 Å². The van der Waals surface area contributed by atoms with Gasteiger partial charge in [0.2, 0.25) is 0 Å². The van der Waals surface area contributed by atoms with E-state index in [-0.39, 0.29) is 0 Å². The maximum Gasteiger partial charge on any atom is 0.186 e. The molecule has 4 nitrogen and oxygen atoms in total. The molecule has 0 aromatic carbocycles. The van der Waals surface area contributed by atoms with E-state index in [1.165, 1.54) is 0 Å². The van der Waals surface area contributed by atoms with Crippen molar-refractivity contribution in [1.29, 1.82) is 0 Å². The van der Waals surface area contributed by atoms with Crippen LogP contribution in [-0.4, -0.2) is 10.1 Å². The molecule has 2 N–H and O–H groups in total. The second kappa shape index (κ2) is 4.03. The van der Waals surface area contributed by atoms with Gasteiger partial charge in [-0.1, -0.05) is 11.2 Å². The van der Waals surface area contributed by atoms with E-state index in [4.69, 9.17) is 10.3 Å². The fourth-order valence-corrected chi connectivity index (χ4v) is 2.38. The van der Waals surface area contributed by atoms with Crippen LogP contribution in [-0.2, 0) is 0 Å². The first kappa shape index (κ1) is 10.0. The number of nitrogens with zero attached hydrogens (tertiary/aromatic N) is 2. The van der Waals surface area contributed by atoms with Gasteiger partial charge in [0.25, 0.3) is 0 Å². The largest absolute Gasteiger partial charge is 0.380 e. The first-order chi connectivity index (χ1) is 8.36. The molecule has 0 atom stereocenters. The highest BCUT2D eigenvalue weighted by Gasteiger charge is 2.17. The maximum absolute atomic E-state index is 5.86. The van der Waals surface area contributed by atoms with Crippen molar-refractivity contribution in [3.63, 3.8) is 0 Å². The van der Waals surface area contributed by atoms with Crippen molar-refractivity contribution in [2.45, 2.75) is 0 Å². The Hall–Kier alpha value is -2.14. The second-order valence-corrected chi connectivity index (χ2v) is 4.43. The smallest absolute Gasteiger partial charge is 0.186 e. The molecule has 3 heterocycles. The minimum atomic E-state index is 0.402. The first-order valence-electron chi connectivity index (χ1n) is 5.05. The molecule has 5 heteroatoms. The molecule has 0 aliphatic heterocycles. The Labute approximate surface area is 102 Å². The fraction of sp³-hybridized carbons (Fsp3) is 0. The van der Waals surface area contributed by atoms with E-state index >= 15 is 0 Å². The number of nitrogen functional groups attached to an aromatic ring is 1. The molecule has 0 unspecified atom stereocenters. The minimum absolute atomic E-state index is 0.402. The Morgan fingerprint density at radius 2 is 2.00 bits per heavy atom. The highest BCUT2D eigenvalue weighted by Crippen LogP contribution is 2.37. The molecule has 17 heavy (non-hydrogen) atoms. The molecule has 0 radical (unpaired) electrons. The zero-order valence-electron chi connectivity index (χ0n) is 8.83. The highest BCUT2D eigenvalue weighted by molar-refractivity contribution is 7.13. The molecule has 84 valence electrons. The van der Waals surface area contributed by atoms with E-state index in [0.717, 1.165) is 16.0 Å². The molecule has 0 spiro atoms. The molecule has 3 rings (SSSR count). The summed E-state index contributed by atoms with van der Waals surface area (Å²) in [5.41, 5.74) is 7.65. The summed E-state index contributed by atoms with van der Waals surface area (Å²) >= 11 is 1.59. The van der Waals surface area contributed by atoms with Crippen LogP contribution in [0.5, 0.6) is 0 Å². The lowest BCUT2D eigenvalue weighted by atomic mass is 10.1. The fourth-order valence-electron chi connectivity index (χ4n) is 1.68. The summed E-state index contributed by atoms with van der Waals surface area (Å²) < 4.78 is 5.31.